The molecule has 0 unspecified atom stereocenters. The van der Waals surface area contributed by atoms with Gasteiger partial charge in [0.25, 0.3) is 5.91 Å². The Bertz CT molecular complexity index is 769. The Morgan fingerprint density at radius 2 is 1.93 bits per heavy atom. The number of carbonyl (C=O) groups excluding carboxylic acids is 1. The molecule has 5 nitrogen and oxygen atoms in total. The molecule has 7 heteroatoms. The standard InChI is InChI=1S/C21H29FN4OS/c1-3-4-5-19-24-16(2)20(28-19)21(27)23-10-11-25-12-14-26(15-13-25)18-8-6-17(22)7-9-18/h6-9H,3-5,10-15H2,1-2H3,(H,23,27). The Labute approximate surface area is 170 Å². The maximum atomic E-state index is 13.1. The van der Waals surface area contributed by atoms with Crippen molar-refractivity contribution in [2.45, 2.75) is 33.1 Å². The first kappa shape index (κ1) is 20.7. The van der Waals surface area contributed by atoms with Crippen LogP contribution in [0.2, 0.25) is 0 Å². The van der Waals surface area contributed by atoms with E-state index in [1.54, 1.807) is 0 Å². The Balaban J connectivity index is 1.40. The smallest absolute Gasteiger partial charge is 0.263 e. The maximum Gasteiger partial charge on any atom is 0.263 e. The van der Waals surface area contributed by atoms with Gasteiger partial charge in [0.1, 0.15) is 10.7 Å². The molecule has 3 rings (SSSR count). The van der Waals surface area contributed by atoms with Crippen LogP contribution in [-0.2, 0) is 6.42 Å². The van der Waals surface area contributed by atoms with Crippen molar-refractivity contribution in [2.24, 2.45) is 0 Å². The third-order valence-corrected chi connectivity index (χ3v) is 6.28. The van der Waals surface area contributed by atoms with Crippen molar-refractivity contribution >= 4 is 22.9 Å². The Morgan fingerprint density at radius 1 is 1.21 bits per heavy atom. The Kier molecular flexibility index (Phi) is 7.39. The summed E-state index contributed by atoms with van der Waals surface area (Å²) in [7, 11) is 0. The number of hydrogen-bond acceptors (Lipinski definition) is 5. The van der Waals surface area contributed by atoms with E-state index in [1.807, 2.05) is 19.1 Å². The van der Waals surface area contributed by atoms with Gasteiger partial charge in [-0.2, -0.15) is 0 Å². The molecule has 2 aromatic rings. The molecule has 1 fully saturated rings. The normalized spacial score (nSPS) is 15.0. The molecule has 1 aromatic carbocycles. The third kappa shape index (κ3) is 5.52. The zero-order valence-corrected chi connectivity index (χ0v) is 17.5. The van der Waals surface area contributed by atoms with E-state index in [0.29, 0.717) is 6.54 Å². The molecule has 1 aliphatic rings. The fourth-order valence-electron chi connectivity index (χ4n) is 3.39. The number of nitrogens with zero attached hydrogens (tertiary/aromatic N) is 3. The molecule has 152 valence electrons. The van der Waals surface area contributed by atoms with Gasteiger partial charge in [-0.3, -0.25) is 9.69 Å². The van der Waals surface area contributed by atoms with Gasteiger partial charge in [-0.15, -0.1) is 11.3 Å². The monoisotopic (exact) mass is 404 g/mol. The Morgan fingerprint density at radius 3 is 2.61 bits per heavy atom. The van der Waals surface area contributed by atoms with Crippen LogP contribution in [0.25, 0.3) is 0 Å². The number of rotatable bonds is 8. The van der Waals surface area contributed by atoms with Crippen LogP contribution in [0.5, 0.6) is 0 Å². The van der Waals surface area contributed by atoms with Gasteiger partial charge in [0, 0.05) is 45.0 Å². The molecule has 28 heavy (non-hydrogen) atoms. The van der Waals surface area contributed by atoms with Crippen LogP contribution in [0.1, 0.15) is 40.1 Å². The molecule has 0 bridgehead atoms. The highest BCUT2D eigenvalue weighted by atomic mass is 32.1. The number of aromatic nitrogens is 1. The molecular formula is C21H29FN4OS. The highest BCUT2D eigenvalue weighted by Gasteiger charge is 2.18. The van der Waals surface area contributed by atoms with Crippen molar-refractivity contribution in [3.05, 3.63) is 45.7 Å². The molecular weight excluding hydrogens is 375 g/mol. The lowest BCUT2D eigenvalue weighted by Crippen LogP contribution is -2.48. The quantitative estimate of drug-likeness (QED) is 0.732. The summed E-state index contributed by atoms with van der Waals surface area (Å²) in [6.45, 7) is 9.24. The van der Waals surface area contributed by atoms with Gasteiger partial charge in [-0.05, 0) is 44.0 Å². The van der Waals surface area contributed by atoms with E-state index >= 15 is 0 Å². The van der Waals surface area contributed by atoms with Gasteiger partial charge in [-0.25, -0.2) is 9.37 Å². The van der Waals surface area contributed by atoms with Gasteiger partial charge in [-0.1, -0.05) is 13.3 Å². The summed E-state index contributed by atoms with van der Waals surface area (Å²) < 4.78 is 13.1. The number of hydrogen-bond donors (Lipinski definition) is 1. The van der Waals surface area contributed by atoms with E-state index in [9.17, 15) is 9.18 Å². The first-order valence-corrected chi connectivity index (χ1v) is 10.9. The van der Waals surface area contributed by atoms with E-state index in [0.717, 1.165) is 73.3 Å². The number of aryl methyl sites for hydroxylation is 2. The number of halogens is 1. The van der Waals surface area contributed by atoms with Gasteiger partial charge in [0.15, 0.2) is 0 Å². The fourth-order valence-corrected chi connectivity index (χ4v) is 4.41. The number of piperazine rings is 1. The summed E-state index contributed by atoms with van der Waals surface area (Å²) >= 11 is 1.52. The van der Waals surface area contributed by atoms with Crippen molar-refractivity contribution in [3.63, 3.8) is 0 Å². The molecule has 1 aromatic heterocycles. The second kappa shape index (κ2) is 9.98. The molecule has 1 N–H and O–H groups in total. The number of unbranched alkanes of at least 4 members (excludes halogenated alkanes) is 1. The minimum Gasteiger partial charge on any atom is -0.369 e. The second-order valence-corrected chi connectivity index (χ2v) is 8.27. The first-order valence-electron chi connectivity index (χ1n) is 10.0. The fraction of sp³-hybridized carbons (Fsp3) is 0.524. The molecule has 1 amide bonds. The van der Waals surface area contributed by atoms with Gasteiger partial charge in [0.05, 0.1) is 10.7 Å². The van der Waals surface area contributed by atoms with Gasteiger partial charge >= 0.3 is 0 Å². The molecule has 1 aliphatic heterocycles. The predicted molar refractivity (Wildman–Crippen MR) is 113 cm³/mol. The van der Waals surface area contributed by atoms with Crippen LogP contribution < -0.4 is 10.2 Å². The maximum absolute atomic E-state index is 13.1. The minimum absolute atomic E-state index is 0.0114. The lowest BCUT2D eigenvalue weighted by Gasteiger charge is -2.36. The summed E-state index contributed by atoms with van der Waals surface area (Å²) in [5.74, 6) is -0.213. The first-order chi connectivity index (χ1) is 13.6. The molecule has 2 heterocycles. The molecule has 0 saturated carbocycles. The highest BCUT2D eigenvalue weighted by molar-refractivity contribution is 7.13. The van der Waals surface area contributed by atoms with Crippen molar-refractivity contribution in [1.29, 1.82) is 0 Å². The van der Waals surface area contributed by atoms with Gasteiger partial charge in [0.2, 0.25) is 0 Å². The van der Waals surface area contributed by atoms with Crippen molar-refractivity contribution in [2.75, 3.05) is 44.2 Å². The van der Waals surface area contributed by atoms with Crippen LogP contribution in [-0.4, -0.2) is 55.1 Å². The van der Waals surface area contributed by atoms with E-state index in [1.165, 1.54) is 23.5 Å². The van der Waals surface area contributed by atoms with Gasteiger partial charge < -0.3 is 10.2 Å². The number of anilines is 1. The average Bonchev–Trinajstić information content (AvgIpc) is 3.08. The van der Waals surface area contributed by atoms with E-state index < -0.39 is 0 Å². The van der Waals surface area contributed by atoms with Crippen molar-refractivity contribution in [1.82, 2.24) is 15.2 Å². The van der Waals surface area contributed by atoms with Crippen LogP contribution in [0.15, 0.2) is 24.3 Å². The van der Waals surface area contributed by atoms with Crippen LogP contribution >= 0.6 is 11.3 Å². The Hall–Kier alpha value is -1.99. The minimum atomic E-state index is -0.202. The summed E-state index contributed by atoms with van der Waals surface area (Å²) in [4.78, 5) is 22.4. The largest absolute Gasteiger partial charge is 0.369 e. The van der Waals surface area contributed by atoms with Crippen LogP contribution in [0, 0.1) is 12.7 Å². The van der Waals surface area contributed by atoms with Crippen LogP contribution in [0.3, 0.4) is 0 Å². The van der Waals surface area contributed by atoms with Crippen LogP contribution in [0.4, 0.5) is 10.1 Å². The number of carbonyl (C=O) groups is 1. The molecule has 0 aliphatic carbocycles. The lowest BCUT2D eigenvalue weighted by molar-refractivity contribution is 0.0951. The summed E-state index contributed by atoms with van der Waals surface area (Å²) in [5.41, 5.74) is 1.90. The number of nitrogens with one attached hydrogen (secondary N) is 1. The molecule has 0 spiro atoms. The molecule has 0 radical (unpaired) electrons. The number of amides is 1. The summed E-state index contributed by atoms with van der Waals surface area (Å²) in [6.07, 6.45) is 3.19. The lowest BCUT2D eigenvalue weighted by atomic mass is 10.2. The highest BCUT2D eigenvalue weighted by Crippen LogP contribution is 2.20. The molecule has 1 saturated heterocycles. The predicted octanol–water partition coefficient (Wildman–Crippen LogP) is 3.49. The number of benzene rings is 1. The SMILES string of the molecule is CCCCc1nc(C)c(C(=O)NCCN2CCN(c3ccc(F)cc3)CC2)s1. The van der Waals surface area contributed by atoms with Crippen molar-refractivity contribution in [3.8, 4) is 0 Å². The average molecular weight is 405 g/mol. The van der Waals surface area contributed by atoms with E-state index in [2.05, 4.69) is 27.0 Å². The number of thiazole rings is 1. The zero-order chi connectivity index (χ0) is 19.9. The van der Waals surface area contributed by atoms with E-state index in [-0.39, 0.29) is 11.7 Å². The topological polar surface area (TPSA) is 48.5 Å². The van der Waals surface area contributed by atoms with E-state index in [4.69, 9.17) is 0 Å². The summed E-state index contributed by atoms with van der Waals surface area (Å²) in [6, 6.07) is 6.67. The third-order valence-electron chi connectivity index (χ3n) is 5.07. The zero-order valence-electron chi connectivity index (χ0n) is 16.7. The van der Waals surface area contributed by atoms with Crippen molar-refractivity contribution < 1.29 is 9.18 Å². The molecule has 0 atom stereocenters. The summed E-state index contributed by atoms with van der Waals surface area (Å²) in [5, 5.41) is 4.10. The second-order valence-electron chi connectivity index (χ2n) is 7.19.